The van der Waals surface area contributed by atoms with Crippen LogP contribution in [0.25, 0.3) is 0 Å². The van der Waals surface area contributed by atoms with Crippen molar-refractivity contribution in [2.24, 2.45) is 4.99 Å². The van der Waals surface area contributed by atoms with E-state index < -0.39 is 0 Å². The van der Waals surface area contributed by atoms with Gasteiger partial charge in [0, 0.05) is 31.1 Å². The van der Waals surface area contributed by atoms with Crippen LogP contribution in [0.3, 0.4) is 0 Å². The van der Waals surface area contributed by atoms with Crippen molar-refractivity contribution in [1.82, 2.24) is 5.32 Å². The molecule has 1 aliphatic heterocycles. The molecule has 2 rings (SSSR count). The van der Waals surface area contributed by atoms with Crippen molar-refractivity contribution in [2.45, 2.75) is 0 Å². The van der Waals surface area contributed by atoms with E-state index in [4.69, 9.17) is 0 Å². The minimum absolute atomic E-state index is 0. The van der Waals surface area contributed by atoms with Crippen molar-refractivity contribution >= 4 is 40.9 Å². The van der Waals surface area contributed by atoms with Gasteiger partial charge in [-0.25, -0.2) is 0 Å². The first-order chi connectivity index (χ1) is 8.16. The summed E-state index contributed by atoms with van der Waals surface area (Å²) in [6.07, 6.45) is 0. The molecule has 1 aromatic rings. The largest absolute Gasteiger partial charge is 0.378 e. The zero-order valence-corrected chi connectivity index (χ0v) is 12.0. The summed E-state index contributed by atoms with van der Waals surface area (Å²) in [6.45, 7) is 0.792. The zero-order chi connectivity index (χ0) is 12.3. The molecular weight excluding hydrogens is 270 g/mol. The van der Waals surface area contributed by atoms with Crippen molar-refractivity contribution in [3.05, 3.63) is 29.8 Å². The van der Waals surface area contributed by atoms with Crippen molar-refractivity contribution < 1.29 is 4.79 Å². The third-order valence-corrected chi connectivity index (χ3v) is 3.34. The lowest BCUT2D eigenvalue weighted by Gasteiger charge is -2.12. The number of hydrogen-bond donors (Lipinski definition) is 1. The Balaban J connectivity index is 0.00000162. The minimum Gasteiger partial charge on any atom is -0.378 e. The molecule has 18 heavy (non-hydrogen) atoms. The Hall–Kier alpha value is -1.20. The summed E-state index contributed by atoms with van der Waals surface area (Å²) < 4.78 is 0. The van der Waals surface area contributed by atoms with Crippen molar-refractivity contribution in [3.8, 4) is 0 Å². The molecule has 1 amide bonds. The summed E-state index contributed by atoms with van der Waals surface area (Å²) in [5, 5.41) is 3.53. The second kappa shape index (κ2) is 6.66. The second-order valence-electron chi connectivity index (χ2n) is 3.93. The number of carbonyl (C=O) groups excluding carboxylic acids is 1. The number of thioether (sulfide) groups is 1. The molecule has 4 nitrogen and oxygen atoms in total. The van der Waals surface area contributed by atoms with Gasteiger partial charge in [0.15, 0.2) is 5.17 Å². The molecule has 1 aromatic carbocycles. The maximum absolute atomic E-state index is 11.9. The molecule has 1 aliphatic rings. The summed E-state index contributed by atoms with van der Waals surface area (Å²) in [6, 6.07) is 7.51. The number of nitrogens with zero attached hydrogens (tertiary/aromatic N) is 2. The van der Waals surface area contributed by atoms with E-state index in [2.05, 4.69) is 10.3 Å². The van der Waals surface area contributed by atoms with Gasteiger partial charge < -0.3 is 10.2 Å². The van der Waals surface area contributed by atoms with Crippen LogP contribution in [0.5, 0.6) is 0 Å². The first-order valence-electron chi connectivity index (χ1n) is 5.43. The predicted octanol–water partition coefficient (Wildman–Crippen LogP) is 2.01. The van der Waals surface area contributed by atoms with Crippen LogP contribution in [0.15, 0.2) is 29.3 Å². The number of benzene rings is 1. The minimum atomic E-state index is -0.0940. The molecule has 0 radical (unpaired) electrons. The van der Waals surface area contributed by atoms with E-state index in [1.165, 1.54) is 0 Å². The number of carbonyl (C=O) groups is 1. The maximum atomic E-state index is 11.9. The number of amides is 1. The summed E-state index contributed by atoms with van der Waals surface area (Å²) >= 11 is 1.58. The Morgan fingerprint density at radius 3 is 2.50 bits per heavy atom. The first kappa shape index (κ1) is 14.9. The lowest BCUT2D eigenvalue weighted by molar-refractivity contribution is 0.0978. The van der Waals surface area contributed by atoms with E-state index >= 15 is 0 Å². The summed E-state index contributed by atoms with van der Waals surface area (Å²) in [7, 11) is 3.94. The van der Waals surface area contributed by atoms with Crippen molar-refractivity contribution in [1.29, 1.82) is 0 Å². The van der Waals surface area contributed by atoms with Crippen LogP contribution in [0, 0.1) is 0 Å². The average molecular weight is 286 g/mol. The van der Waals surface area contributed by atoms with Gasteiger partial charge in [-0.2, -0.15) is 0 Å². The van der Waals surface area contributed by atoms with Gasteiger partial charge in [-0.1, -0.05) is 11.8 Å². The number of hydrogen-bond acceptors (Lipinski definition) is 4. The van der Waals surface area contributed by atoms with Gasteiger partial charge >= 0.3 is 0 Å². The van der Waals surface area contributed by atoms with Crippen LogP contribution in [0.2, 0.25) is 0 Å². The summed E-state index contributed by atoms with van der Waals surface area (Å²) in [5.41, 5.74) is 1.74. The molecule has 0 aromatic heterocycles. The third-order valence-electron chi connectivity index (χ3n) is 2.45. The van der Waals surface area contributed by atoms with Gasteiger partial charge in [0.05, 0.1) is 6.54 Å². The van der Waals surface area contributed by atoms with Gasteiger partial charge in [-0.05, 0) is 24.3 Å². The maximum Gasteiger partial charge on any atom is 0.257 e. The topological polar surface area (TPSA) is 44.7 Å². The van der Waals surface area contributed by atoms with Crippen LogP contribution in [0.4, 0.5) is 5.69 Å². The molecule has 0 saturated carbocycles. The van der Waals surface area contributed by atoms with E-state index in [0.29, 0.717) is 5.56 Å². The van der Waals surface area contributed by atoms with Crippen molar-refractivity contribution in [2.75, 3.05) is 31.3 Å². The summed E-state index contributed by atoms with van der Waals surface area (Å²) in [5.74, 6) is 0.860. The van der Waals surface area contributed by atoms with Crippen LogP contribution in [0.1, 0.15) is 10.4 Å². The molecular formula is C12H16ClN3OS. The van der Waals surface area contributed by atoms with E-state index in [1.54, 1.807) is 11.8 Å². The highest BCUT2D eigenvalue weighted by Gasteiger charge is 2.12. The fraction of sp³-hybridized carbons (Fsp3) is 0.333. The van der Waals surface area contributed by atoms with Gasteiger partial charge in [0.2, 0.25) is 0 Å². The van der Waals surface area contributed by atoms with E-state index in [1.807, 2.05) is 43.3 Å². The molecule has 0 fully saturated rings. The average Bonchev–Trinajstić information content (AvgIpc) is 2.82. The Morgan fingerprint density at radius 2 is 2.00 bits per heavy atom. The molecule has 0 bridgehead atoms. The fourth-order valence-electron chi connectivity index (χ4n) is 1.49. The molecule has 0 spiro atoms. The quantitative estimate of drug-likeness (QED) is 0.904. The molecule has 0 atom stereocenters. The Bertz CT molecular complexity index is 445. The smallest absolute Gasteiger partial charge is 0.257 e. The van der Waals surface area contributed by atoms with Crippen LogP contribution < -0.4 is 10.2 Å². The number of amidine groups is 1. The number of rotatable bonds is 2. The van der Waals surface area contributed by atoms with Gasteiger partial charge in [-0.3, -0.25) is 9.79 Å². The van der Waals surface area contributed by atoms with Crippen LogP contribution in [-0.2, 0) is 0 Å². The van der Waals surface area contributed by atoms with Crippen LogP contribution in [-0.4, -0.2) is 37.5 Å². The molecule has 1 N–H and O–H groups in total. The van der Waals surface area contributed by atoms with Crippen molar-refractivity contribution in [3.63, 3.8) is 0 Å². The van der Waals surface area contributed by atoms with E-state index in [-0.39, 0.29) is 18.3 Å². The van der Waals surface area contributed by atoms with E-state index in [0.717, 1.165) is 23.2 Å². The zero-order valence-electron chi connectivity index (χ0n) is 10.3. The monoisotopic (exact) mass is 285 g/mol. The molecule has 98 valence electrons. The number of nitrogens with one attached hydrogen (secondary N) is 1. The molecule has 0 unspecified atom stereocenters. The number of halogens is 1. The van der Waals surface area contributed by atoms with Gasteiger partial charge in [0.25, 0.3) is 5.91 Å². The first-order valence-corrected chi connectivity index (χ1v) is 6.41. The Labute approximate surface area is 117 Å². The fourth-order valence-corrected chi connectivity index (χ4v) is 2.21. The van der Waals surface area contributed by atoms with Gasteiger partial charge in [-0.15, -0.1) is 12.4 Å². The van der Waals surface area contributed by atoms with Gasteiger partial charge in [0.1, 0.15) is 0 Å². The standard InChI is InChI=1S/C12H15N3OS.ClH/c1-15(2)10-5-3-9(4-6-10)11(16)14-12-13-7-8-17-12;/h3-6H,7-8H2,1-2H3,(H,13,14,16);1H. The predicted molar refractivity (Wildman–Crippen MR) is 80.2 cm³/mol. The van der Waals surface area contributed by atoms with E-state index in [9.17, 15) is 4.79 Å². The number of anilines is 1. The molecule has 0 saturated heterocycles. The third kappa shape index (κ3) is 3.65. The highest BCUT2D eigenvalue weighted by molar-refractivity contribution is 8.14. The molecule has 0 aliphatic carbocycles. The molecule has 1 heterocycles. The lowest BCUT2D eigenvalue weighted by Crippen LogP contribution is -2.27. The van der Waals surface area contributed by atoms with Crippen LogP contribution >= 0.6 is 24.2 Å². The SMILES string of the molecule is CN(C)c1ccc(C(=O)NC2=NCCS2)cc1.Cl. The highest BCUT2D eigenvalue weighted by Crippen LogP contribution is 2.13. The lowest BCUT2D eigenvalue weighted by atomic mass is 10.2. The Kier molecular flexibility index (Phi) is 5.50. The second-order valence-corrected chi connectivity index (χ2v) is 5.01. The normalized spacial score (nSPS) is 13.6. The highest BCUT2D eigenvalue weighted by atomic mass is 35.5. The number of aliphatic imine (C=N–C) groups is 1. The summed E-state index contributed by atoms with van der Waals surface area (Å²) in [4.78, 5) is 18.0. The Morgan fingerprint density at radius 1 is 1.33 bits per heavy atom. The molecule has 6 heteroatoms.